The van der Waals surface area contributed by atoms with E-state index in [-0.39, 0.29) is 6.42 Å². The lowest BCUT2D eigenvalue weighted by Crippen LogP contribution is -2.14. The summed E-state index contributed by atoms with van der Waals surface area (Å²) in [7, 11) is 2.63. The topological polar surface area (TPSA) is 65.0 Å². The molecule has 0 unspecified atom stereocenters. The Morgan fingerprint density at radius 2 is 1.85 bits per heavy atom. The van der Waals surface area contributed by atoms with Crippen LogP contribution in [0.15, 0.2) is 16.6 Å². The Morgan fingerprint density at radius 1 is 1.20 bits per heavy atom. The zero-order valence-electron chi connectivity index (χ0n) is 12.5. The van der Waals surface area contributed by atoms with E-state index in [1.807, 2.05) is 0 Å². The number of ether oxygens (including phenoxy) is 2. The Bertz CT molecular complexity index is 406. The van der Waals surface area contributed by atoms with Crippen LogP contribution in [-0.2, 0) is 19.1 Å². The summed E-state index contributed by atoms with van der Waals surface area (Å²) in [5.41, 5.74) is 0.962. The van der Waals surface area contributed by atoms with Crippen LogP contribution in [0.25, 0.3) is 0 Å². The van der Waals surface area contributed by atoms with Crippen LogP contribution in [0, 0.1) is 5.92 Å². The lowest BCUT2D eigenvalue weighted by atomic mass is 10.1. The maximum Gasteiger partial charge on any atom is 0.339 e. The highest BCUT2D eigenvalue weighted by Crippen LogP contribution is 2.24. The van der Waals surface area contributed by atoms with Crippen molar-refractivity contribution in [2.75, 3.05) is 20.8 Å². The third kappa shape index (κ3) is 5.15. The molecule has 0 spiro atoms. The highest BCUT2D eigenvalue weighted by atomic mass is 16.5. The van der Waals surface area contributed by atoms with E-state index in [4.69, 9.17) is 4.74 Å². The van der Waals surface area contributed by atoms with Gasteiger partial charge in [-0.3, -0.25) is 9.79 Å². The fourth-order valence-electron chi connectivity index (χ4n) is 2.30. The normalized spacial score (nSPS) is 17.1. The van der Waals surface area contributed by atoms with Gasteiger partial charge in [-0.2, -0.15) is 0 Å². The van der Waals surface area contributed by atoms with Crippen LogP contribution in [0.5, 0.6) is 0 Å². The van der Waals surface area contributed by atoms with Gasteiger partial charge >= 0.3 is 11.9 Å². The van der Waals surface area contributed by atoms with Crippen LogP contribution in [-0.4, -0.2) is 38.4 Å². The molecule has 0 saturated heterocycles. The van der Waals surface area contributed by atoms with Crippen molar-refractivity contribution in [3.05, 3.63) is 11.6 Å². The summed E-state index contributed by atoms with van der Waals surface area (Å²) in [5, 5.41) is 0. The van der Waals surface area contributed by atoms with Crippen LogP contribution >= 0.6 is 0 Å². The Kier molecular flexibility index (Phi) is 6.98. The summed E-state index contributed by atoms with van der Waals surface area (Å²) < 4.78 is 9.29. The van der Waals surface area contributed by atoms with Gasteiger partial charge in [-0.1, -0.05) is 18.9 Å². The predicted octanol–water partition coefficient (Wildman–Crippen LogP) is 2.30. The Morgan fingerprint density at radius 3 is 2.40 bits per heavy atom. The Labute approximate surface area is 120 Å². The summed E-state index contributed by atoms with van der Waals surface area (Å²) in [6.07, 6.45) is 6.50. The Balaban J connectivity index is 2.72. The molecule has 1 aliphatic rings. The second kappa shape index (κ2) is 8.51. The maximum absolute atomic E-state index is 11.7. The number of aliphatic imine (C=N–C) groups is 1. The molecule has 5 nitrogen and oxygen atoms in total. The average Bonchev–Trinajstić information content (AvgIpc) is 2.97. The number of rotatable bonds is 6. The van der Waals surface area contributed by atoms with E-state index < -0.39 is 11.9 Å². The SMILES string of the molecule is COC(=O)CC=C(C(=O)OC)C(C)=NCC1CCCC1. The molecule has 0 radical (unpaired) electrons. The predicted molar refractivity (Wildman–Crippen MR) is 76.7 cm³/mol. The molecular formula is C15H23NO4. The van der Waals surface area contributed by atoms with Crippen molar-refractivity contribution in [1.29, 1.82) is 0 Å². The van der Waals surface area contributed by atoms with Crippen LogP contribution in [0.1, 0.15) is 39.0 Å². The smallest absolute Gasteiger partial charge is 0.339 e. The maximum atomic E-state index is 11.7. The molecule has 0 N–H and O–H groups in total. The van der Waals surface area contributed by atoms with E-state index in [9.17, 15) is 9.59 Å². The second-order valence-corrected chi connectivity index (χ2v) is 4.97. The number of hydrogen-bond donors (Lipinski definition) is 0. The van der Waals surface area contributed by atoms with Crippen molar-refractivity contribution in [2.24, 2.45) is 10.9 Å². The van der Waals surface area contributed by atoms with Gasteiger partial charge in [-0.25, -0.2) is 4.79 Å². The first-order valence-corrected chi connectivity index (χ1v) is 6.95. The third-order valence-electron chi connectivity index (χ3n) is 3.56. The number of esters is 2. The summed E-state index contributed by atoms with van der Waals surface area (Å²) in [6.45, 7) is 2.51. The summed E-state index contributed by atoms with van der Waals surface area (Å²) in [4.78, 5) is 27.4. The van der Waals surface area contributed by atoms with Gasteiger partial charge in [0.15, 0.2) is 0 Å². The quantitative estimate of drug-likeness (QED) is 0.426. The van der Waals surface area contributed by atoms with Gasteiger partial charge in [0.25, 0.3) is 0 Å². The standard InChI is InChI=1S/C15H23NO4/c1-11(16-10-12-6-4-5-7-12)13(15(18)20-3)8-9-14(17)19-2/h8,12H,4-7,9-10H2,1-3H3. The zero-order chi connectivity index (χ0) is 15.0. The largest absolute Gasteiger partial charge is 0.469 e. The molecule has 1 fully saturated rings. The first-order chi connectivity index (χ1) is 9.58. The van der Waals surface area contributed by atoms with Crippen molar-refractivity contribution >= 4 is 17.7 Å². The fourth-order valence-corrected chi connectivity index (χ4v) is 2.30. The number of nitrogens with zero attached hydrogens (tertiary/aromatic N) is 1. The van der Waals surface area contributed by atoms with E-state index >= 15 is 0 Å². The van der Waals surface area contributed by atoms with Gasteiger partial charge in [0.2, 0.25) is 0 Å². The molecule has 0 bridgehead atoms. The number of carbonyl (C=O) groups is 2. The number of hydrogen-bond acceptors (Lipinski definition) is 5. The molecular weight excluding hydrogens is 258 g/mol. The molecule has 0 aromatic rings. The molecule has 0 aromatic heterocycles. The first-order valence-electron chi connectivity index (χ1n) is 6.95. The van der Waals surface area contributed by atoms with Gasteiger partial charge in [0, 0.05) is 12.3 Å². The highest BCUT2D eigenvalue weighted by molar-refractivity contribution is 6.19. The van der Waals surface area contributed by atoms with Crippen molar-refractivity contribution < 1.29 is 19.1 Å². The molecule has 1 aliphatic carbocycles. The van der Waals surface area contributed by atoms with Gasteiger partial charge in [0.05, 0.1) is 26.2 Å². The minimum absolute atomic E-state index is 0.0389. The van der Waals surface area contributed by atoms with Gasteiger partial charge < -0.3 is 9.47 Å². The molecule has 0 atom stereocenters. The van der Waals surface area contributed by atoms with Crippen molar-refractivity contribution in [2.45, 2.75) is 39.0 Å². The highest BCUT2D eigenvalue weighted by Gasteiger charge is 2.17. The van der Waals surface area contributed by atoms with E-state index in [1.165, 1.54) is 46.0 Å². The van der Waals surface area contributed by atoms with E-state index in [2.05, 4.69) is 9.73 Å². The van der Waals surface area contributed by atoms with Crippen molar-refractivity contribution in [3.63, 3.8) is 0 Å². The number of carbonyl (C=O) groups excluding carboxylic acids is 2. The van der Waals surface area contributed by atoms with Gasteiger partial charge in [-0.15, -0.1) is 0 Å². The number of methoxy groups -OCH3 is 2. The molecule has 1 rings (SSSR count). The molecule has 0 heterocycles. The summed E-state index contributed by atoms with van der Waals surface area (Å²) in [6, 6.07) is 0. The van der Waals surface area contributed by atoms with Gasteiger partial charge in [0.1, 0.15) is 0 Å². The van der Waals surface area contributed by atoms with Crippen LogP contribution in [0.3, 0.4) is 0 Å². The zero-order valence-corrected chi connectivity index (χ0v) is 12.5. The third-order valence-corrected chi connectivity index (χ3v) is 3.56. The molecule has 0 amide bonds. The second-order valence-electron chi connectivity index (χ2n) is 4.97. The molecule has 0 aliphatic heterocycles. The summed E-state index contributed by atoms with van der Waals surface area (Å²) >= 11 is 0. The minimum Gasteiger partial charge on any atom is -0.469 e. The lowest BCUT2D eigenvalue weighted by molar-refractivity contribution is -0.139. The van der Waals surface area contributed by atoms with E-state index in [1.54, 1.807) is 6.92 Å². The monoisotopic (exact) mass is 281 g/mol. The average molecular weight is 281 g/mol. The van der Waals surface area contributed by atoms with Crippen molar-refractivity contribution in [1.82, 2.24) is 0 Å². The van der Waals surface area contributed by atoms with Crippen LogP contribution in [0.4, 0.5) is 0 Å². The van der Waals surface area contributed by atoms with Crippen LogP contribution < -0.4 is 0 Å². The lowest BCUT2D eigenvalue weighted by Gasteiger charge is -2.08. The van der Waals surface area contributed by atoms with E-state index in [0.717, 1.165) is 6.54 Å². The summed E-state index contributed by atoms with van der Waals surface area (Å²) in [5.74, 6) is -0.249. The first kappa shape index (κ1) is 16.4. The fraction of sp³-hybridized carbons (Fsp3) is 0.667. The van der Waals surface area contributed by atoms with Gasteiger partial charge in [-0.05, 0) is 25.7 Å². The Hall–Kier alpha value is -1.65. The molecule has 20 heavy (non-hydrogen) atoms. The van der Waals surface area contributed by atoms with Crippen LogP contribution in [0.2, 0.25) is 0 Å². The molecule has 0 aromatic carbocycles. The van der Waals surface area contributed by atoms with Crippen molar-refractivity contribution in [3.8, 4) is 0 Å². The van der Waals surface area contributed by atoms with E-state index in [0.29, 0.717) is 17.2 Å². The molecule has 5 heteroatoms. The molecule has 1 saturated carbocycles. The minimum atomic E-state index is -0.471. The molecule has 112 valence electrons.